The Morgan fingerprint density at radius 1 is 0.750 bits per heavy atom. The minimum Gasteiger partial charge on any atom is -0.489 e. The van der Waals surface area contributed by atoms with E-state index in [4.69, 9.17) is 10.00 Å². The van der Waals surface area contributed by atoms with Crippen LogP contribution in [0.15, 0.2) is 133 Å². The number of hydrogen-bond donors (Lipinski definition) is 0. The predicted molar refractivity (Wildman–Crippen MR) is 155 cm³/mol. The molecule has 0 spiro atoms. The number of aromatic nitrogens is 2. The largest absolute Gasteiger partial charge is 0.489 e. The van der Waals surface area contributed by atoms with Gasteiger partial charge in [-0.25, -0.2) is 12.4 Å². The van der Waals surface area contributed by atoms with Crippen molar-refractivity contribution in [3.05, 3.63) is 139 Å². The molecule has 6 aromatic rings. The van der Waals surface area contributed by atoms with E-state index in [1.807, 2.05) is 60.7 Å². The van der Waals surface area contributed by atoms with Crippen molar-refractivity contribution in [3.63, 3.8) is 0 Å². The predicted octanol–water partition coefficient (Wildman–Crippen LogP) is 7.06. The maximum atomic E-state index is 14.0. The molecule has 0 atom stereocenters. The SMILES string of the molecule is N#Cc1ccc(-c2cncc(-c3cc4cc(OCc5ccccc5)ccc4n3S(=O)(=O)c3ccccc3)c2)cc1. The summed E-state index contributed by atoms with van der Waals surface area (Å²) in [5.41, 5.74) is 4.95. The third-order valence-corrected chi connectivity index (χ3v) is 8.38. The van der Waals surface area contributed by atoms with E-state index in [2.05, 4.69) is 11.1 Å². The lowest BCUT2D eigenvalue weighted by molar-refractivity contribution is 0.306. The van der Waals surface area contributed by atoms with E-state index in [-0.39, 0.29) is 4.90 Å². The zero-order valence-electron chi connectivity index (χ0n) is 21.3. The van der Waals surface area contributed by atoms with Crippen molar-refractivity contribution < 1.29 is 13.2 Å². The molecule has 0 N–H and O–H groups in total. The second-order valence-electron chi connectivity index (χ2n) is 9.26. The number of ether oxygens (including phenoxy) is 1. The van der Waals surface area contributed by atoms with Crippen LogP contribution < -0.4 is 4.74 Å². The first-order valence-corrected chi connectivity index (χ1v) is 14.1. The molecule has 0 fully saturated rings. The van der Waals surface area contributed by atoms with Gasteiger partial charge in [0, 0.05) is 28.9 Å². The standard InChI is InChI=1S/C33H23N3O3S/c34-20-24-11-13-26(14-12-24)28-17-29(22-35-21-28)33-19-27-18-30(39-23-25-7-3-1-4-8-25)15-16-32(27)36(33)40(37,38)31-9-5-2-6-10-31/h1-19,21-22H,23H2. The number of benzene rings is 4. The van der Waals surface area contributed by atoms with Crippen LogP contribution in [0.5, 0.6) is 5.75 Å². The molecule has 0 bridgehead atoms. The topological polar surface area (TPSA) is 85.0 Å². The molecule has 0 saturated carbocycles. The van der Waals surface area contributed by atoms with Crippen LogP contribution in [0.25, 0.3) is 33.3 Å². The normalized spacial score (nSPS) is 11.3. The highest BCUT2D eigenvalue weighted by molar-refractivity contribution is 7.90. The van der Waals surface area contributed by atoms with Crippen molar-refractivity contribution >= 4 is 20.9 Å². The summed E-state index contributed by atoms with van der Waals surface area (Å²) in [7, 11) is -3.94. The molecule has 0 radical (unpaired) electrons. The first-order chi connectivity index (χ1) is 19.5. The first-order valence-electron chi connectivity index (χ1n) is 12.6. The molecule has 0 aliphatic carbocycles. The number of rotatable bonds is 7. The summed E-state index contributed by atoms with van der Waals surface area (Å²) in [4.78, 5) is 4.62. The smallest absolute Gasteiger partial charge is 0.268 e. The van der Waals surface area contributed by atoms with Crippen LogP contribution in [0.4, 0.5) is 0 Å². The second kappa shape index (κ2) is 10.5. The molecule has 2 heterocycles. The third kappa shape index (κ3) is 4.84. The number of nitrogens with zero attached hydrogens (tertiary/aromatic N) is 3. The van der Waals surface area contributed by atoms with Gasteiger partial charge in [0.05, 0.1) is 27.7 Å². The van der Waals surface area contributed by atoms with Gasteiger partial charge in [-0.1, -0.05) is 60.7 Å². The number of fused-ring (bicyclic) bond motifs is 1. The summed E-state index contributed by atoms with van der Waals surface area (Å²) in [6.07, 6.45) is 3.38. The highest BCUT2D eigenvalue weighted by Crippen LogP contribution is 2.35. The summed E-state index contributed by atoms with van der Waals surface area (Å²) >= 11 is 0. The first kappa shape index (κ1) is 25.1. The summed E-state index contributed by atoms with van der Waals surface area (Å²) in [6.45, 7) is 0.402. The minimum atomic E-state index is -3.94. The van der Waals surface area contributed by atoms with Gasteiger partial charge in [0.25, 0.3) is 10.0 Å². The summed E-state index contributed by atoms with van der Waals surface area (Å²) in [6, 6.07) is 36.8. The van der Waals surface area contributed by atoms with Gasteiger partial charge < -0.3 is 4.74 Å². The molecule has 6 rings (SSSR count). The van der Waals surface area contributed by atoms with E-state index >= 15 is 0 Å². The molecule has 2 aromatic heterocycles. The molecular formula is C33H23N3O3S. The van der Waals surface area contributed by atoms with Crippen molar-refractivity contribution in [1.82, 2.24) is 8.96 Å². The van der Waals surface area contributed by atoms with Crippen LogP contribution in [0, 0.1) is 11.3 Å². The quantitative estimate of drug-likeness (QED) is 0.216. The monoisotopic (exact) mass is 541 g/mol. The zero-order chi connectivity index (χ0) is 27.5. The Balaban J connectivity index is 1.48. The van der Waals surface area contributed by atoms with Gasteiger partial charge in [0.2, 0.25) is 0 Å². The number of nitriles is 1. The second-order valence-corrected chi connectivity index (χ2v) is 11.0. The molecule has 194 valence electrons. The highest BCUT2D eigenvalue weighted by Gasteiger charge is 2.24. The molecular weight excluding hydrogens is 518 g/mol. The van der Waals surface area contributed by atoms with E-state index in [1.165, 1.54) is 3.97 Å². The Hall–Kier alpha value is -5.19. The van der Waals surface area contributed by atoms with Crippen molar-refractivity contribution in [3.8, 4) is 34.2 Å². The van der Waals surface area contributed by atoms with Crippen molar-refractivity contribution in [2.75, 3.05) is 0 Å². The molecule has 6 nitrogen and oxygen atoms in total. The maximum Gasteiger partial charge on any atom is 0.268 e. The van der Waals surface area contributed by atoms with Gasteiger partial charge in [-0.2, -0.15) is 5.26 Å². The number of hydrogen-bond acceptors (Lipinski definition) is 5. The Labute approximate surface area is 232 Å². The molecule has 0 unspecified atom stereocenters. The Bertz CT molecular complexity index is 1960. The average Bonchev–Trinajstić information content (AvgIpc) is 3.41. The van der Waals surface area contributed by atoms with Crippen LogP contribution in [-0.4, -0.2) is 17.4 Å². The van der Waals surface area contributed by atoms with Gasteiger partial charge in [-0.05, 0) is 65.7 Å². The van der Waals surface area contributed by atoms with Gasteiger partial charge in [-0.3, -0.25) is 4.98 Å². The van der Waals surface area contributed by atoms with E-state index in [9.17, 15) is 8.42 Å². The van der Waals surface area contributed by atoms with Crippen LogP contribution in [0.1, 0.15) is 11.1 Å². The summed E-state index contributed by atoms with van der Waals surface area (Å²) in [5, 5.41) is 9.87. The molecule has 7 heteroatoms. The van der Waals surface area contributed by atoms with Gasteiger partial charge in [-0.15, -0.1) is 0 Å². The lowest BCUT2D eigenvalue weighted by Crippen LogP contribution is -2.14. The van der Waals surface area contributed by atoms with Gasteiger partial charge >= 0.3 is 0 Å². The number of pyridine rings is 1. The fourth-order valence-corrected chi connectivity index (χ4v) is 6.19. The van der Waals surface area contributed by atoms with E-state index < -0.39 is 10.0 Å². The van der Waals surface area contributed by atoms with Crippen LogP contribution in [-0.2, 0) is 16.6 Å². The molecule has 4 aromatic carbocycles. The summed E-state index contributed by atoms with van der Waals surface area (Å²) in [5.74, 6) is 0.640. The lowest BCUT2D eigenvalue weighted by atomic mass is 10.0. The average molecular weight is 542 g/mol. The fraction of sp³-hybridized carbons (Fsp3) is 0.0303. The molecule has 0 aliphatic rings. The molecule has 0 amide bonds. The Morgan fingerprint density at radius 3 is 2.17 bits per heavy atom. The van der Waals surface area contributed by atoms with E-state index in [0.717, 1.165) is 22.1 Å². The van der Waals surface area contributed by atoms with Crippen LogP contribution in [0.3, 0.4) is 0 Å². The van der Waals surface area contributed by atoms with Crippen molar-refractivity contribution in [1.29, 1.82) is 5.26 Å². The van der Waals surface area contributed by atoms with Crippen molar-refractivity contribution in [2.45, 2.75) is 11.5 Å². The maximum absolute atomic E-state index is 14.0. The fourth-order valence-electron chi connectivity index (χ4n) is 4.63. The molecule has 0 aliphatic heterocycles. The zero-order valence-corrected chi connectivity index (χ0v) is 22.1. The third-order valence-electron chi connectivity index (χ3n) is 6.64. The van der Waals surface area contributed by atoms with Crippen molar-refractivity contribution in [2.24, 2.45) is 0 Å². The minimum absolute atomic E-state index is 0.189. The Morgan fingerprint density at radius 2 is 1.45 bits per heavy atom. The van der Waals surface area contributed by atoms with Gasteiger partial charge in [0.1, 0.15) is 12.4 Å². The highest BCUT2D eigenvalue weighted by atomic mass is 32.2. The summed E-state index contributed by atoms with van der Waals surface area (Å²) < 4.78 is 35.4. The molecule has 40 heavy (non-hydrogen) atoms. The molecule has 0 saturated heterocycles. The Kier molecular flexibility index (Phi) is 6.61. The van der Waals surface area contributed by atoms with Crippen LogP contribution in [0.2, 0.25) is 0 Å². The van der Waals surface area contributed by atoms with Crippen LogP contribution >= 0.6 is 0 Å². The lowest BCUT2D eigenvalue weighted by Gasteiger charge is -2.13. The van der Waals surface area contributed by atoms with E-state index in [0.29, 0.717) is 34.7 Å². The van der Waals surface area contributed by atoms with Gasteiger partial charge in [0.15, 0.2) is 0 Å². The van der Waals surface area contributed by atoms with E-state index in [1.54, 1.807) is 67.0 Å².